The summed E-state index contributed by atoms with van der Waals surface area (Å²) in [6.45, 7) is 3.79. The number of fused-ring (bicyclic) bond motifs is 4. The van der Waals surface area contributed by atoms with Crippen LogP contribution in [-0.4, -0.2) is 86.8 Å². The molecule has 3 N–H and O–H groups in total. The van der Waals surface area contributed by atoms with Gasteiger partial charge in [-0.05, 0) is 43.9 Å². The van der Waals surface area contributed by atoms with Crippen molar-refractivity contribution in [2.24, 2.45) is 5.73 Å². The highest BCUT2D eigenvalue weighted by Crippen LogP contribution is 2.48. The van der Waals surface area contributed by atoms with Gasteiger partial charge >= 0.3 is 0 Å². The average Bonchev–Trinajstić information content (AvgIpc) is 3.87. The Morgan fingerprint density at radius 1 is 1.08 bits per heavy atom. The molecule has 2 saturated carbocycles. The van der Waals surface area contributed by atoms with E-state index in [0.717, 1.165) is 72.7 Å². The van der Waals surface area contributed by atoms with Crippen molar-refractivity contribution in [1.82, 2.24) is 29.5 Å². The van der Waals surface area contributed by atoms with Crippen molar-refractivity contribution in [2.75, 3.05) is 43.4 Å². The van der Waals surface area contributed by atoms with Crippen molar-refractivity contribution in [3.05, 3.63) is 42.5 Å². The minimum atomic E-state index is -0.679. The van der Waals surface area contributed by atoms with E-state index in [-0.39, 0.29) is 18.1 Å². The van der Waals surface area contributed by atoms with Gasteiger partial charge in [0, 0.05) is 68.0 Å². The maximum Gasteiger partial charge on any atom is 0.229 e. The Balaban J connectivity index is 1.14. The van der Waals surface area contributed by atoms with Gasteiger partial charge in [-0.25, -0.2) is 14.5 Å². The highest BCUT2D eigenvalue weighted by Gasteiger charge is 2.51. The maximum atomic E-state index is 12.2. The predicted molar refractivity (Wildman–Crippen MR) is 147 cm³/mol. The van der Waals surface area contributed by atoms with Crippen LogP contribution < -0.4 is 16.0 Å². The number of carbonyl (C=O) groups is 1. The molecule has 11 heteroatoms. The molecule has 4 aromatic heterocycles. The first kappa shape index (κ1) is 23.1. The topological polar surface area (TPSA) is 127 Å². The van der Waals surface area contributed by atoms with Crippen LogP contribution in [0.2, 0.25) is 0 Å². The van der Waals surface area contributed by atoms with E-state index in [1.807, 2.05) is 23.7 Å². The van der Waals surface area contributed by atoms with E-state index < -0.39 is 5.41 Å². The summed E-state index contributed by atoms with van der Waals surface area (Å²) in [5.41, 5.74) is 8.44. The van der Waals surface area contributed by atoms with Crippen LogP contribution in [0.1, 0.15) is 31.4 Å². The van der Waals surface area contributed by atoms with E-state index in [0.29, 0.717) is 17.3 Å². The Kier molecular flexibility index (Phi) is 4.93. The van der Waals surface area contributed by atoms with Crippen molar-refractivity contribution >= 4 is 33.8 Å². The normalized spacial score (nSPS) is 24.3. The quantitative estimate of drug-likeness (QED) is 0.388. The number of morpholine rings is 2. The Morgan fingerprint density at radius 3 is 2.56 bits per heavy atom. The van der Waals surface area contributed by atoms with Gasteiger partial charge in [0.25, 0.3) is 0 Å². The second kappa shape index (κ2) is 8.33. The first-order valence-electron chi connectivity index (χ1n) is 13.8. The van der Waals surface area contributed by atoms with Crippen LogP contribution in [0.4, 0.5) is 11.5 Å². The predicted octanol–water partition coefficient (Wildman–Crippen LogP) is 1.95. The number of nitrogens with zero attached hydrogens (tertiary/aromatic N) is 7. The molecule has 0 radical (unpaired) electrons. The van der Waals surface area contributed by atoms with E-state index in [9.17, 15) is 4.79 Å². The molecule has 2 aliphatic heterocycles. The van der Waals surface area contributed by atoms with Crippen molar-refractivity contribution in [1.29, 1.82) is 0 Å². The van der Waals surface area contributed by atoms with Crippen LogP contribution in [0.5, 0.6) is 0 Å². The summed E-state index contributed by atoms with van der Waals surface area (Å²) in [6.07, 6.45) is 10.2. The summed E-state index contributed by atoms with van der Waals surface area (Å²) in [5, 5.41) is 9.75. The van der Waals surface area contributed by atoms with E-state index in [4.69, 9.17) is 20.6 Å². The molecule has 1 amide bonds. The number of amides is 1. The second-order valence-electron chi connectivity index (χ2n) is 11.4. The van der Waals surface area contributed by atoms with Crippen LogP contribution in [-0.2, 0) is 14.9 Å². The number of hydrogen-bond acceptors (Lipinski definition) is 9. The molecule has 2 unspecified atom stereocenters. The molecular formula is C28H31N9O2. The number of pyridine rings is 3. The van der Waals surface area contributed by atoms with Crippen LogP contribution >= 0.6 is 0 Å². The molecule has 0 spiro atoms. The summed E-state index contributed by atoms with van der Waals surface area (Å²) < 4.78 is 8.13. The molecule has 4 aliphatic rings. The van der Waals surface area contributed by atoms with Crippen LogP contribution in [0, 0.1) is 0 Å². The van der Waals surface area contributed by atoms with Crippen LogP contribution in [0.25, 0.3) is 27.8 Å². The molecule has 2 aliphatic carbocycles. The van der Waals surface area contributed by atoms with E-state index >= 15 is 0 Å². The third-order valence-corrected chi connectivity index (χ3v) is 8.81. The number of aromatic nitrogens is 5. The van der Waals surface area contributed by atoms with Gasteiger partial charge in [-0.2, -0.15) is 0 Å². The fourth-order valence-electron chi connectivity index (χ4n) is 6.37. The molecule has 8 rings (SSSR count). The lowest BCUT2D eigenvalue weighted by molar-refractivity contribution is -0.120. The Labute approximate surface area is 225 Å². The van der Waals surface area contributed by atoms with Gasteiger partial charge in [-0.3, -0.25) is 14.7 Å². The first-order chi connectivity index (χ1) is 19.0. The lowest BCUT2D eigenvalue weighted by Crippen LogP contribution is -2.60. The highest BCUT2D eigenvalue weighted by atomic mass is 16.5. The van der Waals surface area contributed by atoms with Crippen molar-refractivity contribution in [3.63, 3.8) is 0 Å². The number of rotatable bonds is 6. The SMILES string of the molecule is CNc1ncc(-c2nc3ccc(N4CC5CN(C6CC6)CC(C4)O5)cn3n2)c2cc(C3(C(N)=O)CC3)ncc12. The molecule has 0 aromatic carbocycles. The zero-order valence-corrected chi connectivity index (χ0v) is 21.9. The molecule has 4 fully saturated rings. The molecular weight excluding hydrogens is 494 g/mol. The number of nitrogens with one attached hydrogen (secondary N) is 1. The van der Waals surface area contributed by atoms with Gasteiger partial charge in [0.2, 0.25) is 5.91 Å². The zero-order valence-electron chi connectivity index (χ0n) is 21.9. The Morgan fingerprint density at radius 2 is 1.87 bits per heavy atom. The number of ether oxygens (including phenoxy) is 1. The number of primary amides is 1. The Bertz CT molecular complexity index is 1610. The first-order valence-corrected chi connectivity index (χ1v) is 13.8. The zero-order chi connectivity index (χ0) is 26.3. The van der Waals surface area contributed by atoms with Crippen molar-refractivity contribution < 1.29 is 9.53 Å². The smallest absolute Gasteiger partial charge is 0.229 e. The van der Waals surface area contributed by atoms with E-state index in [1.54, 1.807) is 12.4 Å². The summed E-state index contributed by atoms with van der Waals surface area (Å²) in [6, 6.07) is 6.88. The molecule has 4 aromatic rings. The number of hydrogen-bond donors (Lipinski definition) is 2. The van der Waals surface area contributed by atoms with Gasteiger partial charge in [0.05, 0.1) is 35.2 Å². The van der Waals surface area contributed by atoms with Gasteiger partial charge in [-0.15, -0.1) is 5.10 Å². The van der Waals surface area contributed by atoms with E-state index in [1.165, 1.54) is 12.8 Å². The Hall–Kier alpha value is -3.83. The highest BCUT2D eigenvalue weighted by molar-refractivity contribution is 6.01. The monoisotopic (exact) mass is 525 g/mol. The fraction of sp³-hybridized carbons (Fsp3) is 0.464. The molecule has 2 atom stereocenters. The van der Waals surface area contributed by atoms with Crippen molar-refractivity contribution in [2.45, 2.75) is 49.3 Å². The molecule has 11 nitrogen and oxygen atoms in total. The lowest BCUT2D eigenvalue weighted by atomic mass is 9.97. The minimum absolute atomic E-state index is 0.237. The lowest BCUT2D eigenvalue weighted by Gasteiger charge is -2.46. The molecule has 2 bridgehead atoms. The summed E-state index contributed by atoms with van der Waals surface area (Å²) >= 11 is 0. The summed E-state index contributed by atoms with van der Waals surface area (Å²) in [4.78, 5) is 31.3. The average molecular weight is 526 g/mol. The molecule has 200 valence electrons. The van der Waals surface area contributed by atoms with Gasteiger partial charge in [0.1, 0.15) is 5.82 Å². The third kappa shape index (κ3) is 3.75. The summed E-state index contributed by atoms with van der Waals surface area (Å²) in [7, 11) is 1.83. The fourth-order valence-corrected chi connectivity index (χ4v) is 6.37. The third-order valence-electron chi connectivity index (χ3n) is 8.81. The second-order valence-corrected chi connectivity index (χ2v) is 11.4. The van der Waals surface area contributed by atoms with Gasteiger partial charge in [-0.1, -0.05) is 0 Å². The molecule has 39 heavy (non-hydrogen) atoms. The van der Waals surface area contributed by atoms with Gasteiger partial charge in [0.15, 0.2) is 11.5 Å². The van der Waals surface area contributed by atoms with Gasteiger partial charge < -0.3 is 20.7 Å². The molecule has 6 heterocycles. The van der Waals surface area contributed by atoms with Crippen molar-refractivity contribution in [3.8, 4) is 11.4 Å². The van der Waals surface area contributed by atoms with Crippen LogP contribution in [0.15, 0.2) is 36.8 Å². The van der Waals surface area contributed by atoms with E-state index in [2.05, 4.69) is 37.3 Å². The molecule has 2 saturated heterocycles. The standard InChI is InChI=1S/C28H31N9O2/c1-30-25-21-9-31-23(28(6-7-28)27(29)38)8-20(21)22(10-32-25)26-33-24-5-4-17(11-37(24)34-26)36-14-18-12-35(16-2-3-16)13-19(15-36)39-18/h4-5,8-11,16,18-19H,2-3,6-7,12-15H2,1H3,(H2,29,38)(H,30,32). The maximum absolute atomic E-state index is 12.2. The van der Waals surface area contributed by atoms with Crippen LogP contribution in [0.3, 0.4) is 0 Å². The number of carbonyl (C=O) groups excluding carboxylic acids is 1. The largest absolute Gasteiger partial charge is 0.373 e. The number of nitrogens with two attached hydrogens (primary N) is 1. The number of anilines is 2. The summed E-state index contributed by atoms with van der Waals surface area (Å²) in [5.74, 6) is 0.956. The minimum Gasteiger partial charge on any atom is -0.373 e.